The molecule has 124 valence electrons. The summed E-state index contributed by atoms with van der Waals surface area (Å²) in [7, 11) is 0. The number of hydrogen-bond acceptors (Lipinski definition) is 6. The minimum absolute atomic E-state index is 0.304. The standard InChI is InChI=1S/C17H18FN5O/c18-12-3-4-15-14(8-12)21-16(24-15)10-23-7-1-2-11(9-23)13-5-6-20-17(19)22-13/h3-6,8,11H,1-2,7,9-10H2,(H2,19,20,22)/t11-/m0/s1. The molecule has 0 aliphatic carbocycles. The number of benzene rings is 1. The molecule has 0 saturated carbocycles. The molecule has 0 amide bonds. The SMILES string of the molecule is Nc1nccc([C@H]2CCCN(Cc3nc4cc(F)ccc4o3)C2)n1. The number of piperidine rings is 1. The average molecular weight is 327 g/mol. The van der Waals surface area contributed by atoms with Crippen molar-refractivity contribution in [3.63, 3.8) is 0 Å². The van der Waals surface area contributed by atoms with Gasteiger partial charge in [0.05, 0.1) is 12.2 Å². The molecule has 1 aliphatic heterocycles. The topological polar surface area (TPSA) is 81.1 Å². The Labute approximate surface area is 138 Å². The van der Waals surface area contributed by atoms with Crippen LogP contribution in [0, 0.1) is 5.82 Å². The van der Waals surface area contributed by atoms with Gasteiger partial charge in [-0.15, -0.1) is 0 Å². The van der Waals surface area contributed by atoms with Crippen LogP contribution < -0.4 is 5.73 Å². The third-order valence-electron chi connectivity index (χ3n) is 4.37. The van der Waals surface area contributed by atoms with Crippen LogP contribution in [-0.2, 0) is 6.54 Å². The van der Waals surface area contributed by atoms with Crippen LogP contribution in [0.15, 0.2) is 34.9 Å². The lowest BCUT2D eigenvalue weighted by Gasteiger charge is -2.31. The second kappa shape index (κ2) is 6.16. The number of likely N-dealkylation sites (tertiary alicyclic amines) is 1. The van der Waals surface area contributed by atoms with Crippen LogP contribution in [0.4, 0.5) is 10.3 Å². The molecule has 24 heavy (non-hydrogen) atoms. The molecule has 3 heterocycles. The second-order valence-electron chi connectivity index (χ2n) is 6.13. The van der Waals surface area contributed by atoms with Crippen molar-refractivity contribution in [1.82, 2.24) is 19.9 Å². The number of nitrogens with zero attached hydrogens (tertiary/aromatic N) is 4. The van der Waals surface area contributed by atoms with Gasteiger partial charge >= 0.3 is 0 Å². The van der Waals surface area contributed by atoms with Crippen molar-refractivity contribution < 1.29 is 8.81 Å². The van der Waals surface area contributed by atoms with E-state index >= 15 is 0 Å². The first-order valence-electron chi connectivity index (χ1n) is 8.03. The van der Waals surface area contributed by atoms with Crippen molar-refractivity contribution in [2.24, 2.45) is 0 Å². The molecule has 1 saturated heterocycles. The molecule has 1 atom stereocenters. The van der Waals surface area contributed by atoms with Crippen molar-refractivity contribution >= 4 is 17.0 Å². The minimum Gasteiger partial charge on any atom is -0.439 e. The highest BCUT2D eigenvalue weighted by Gasteiger charge is 2.24. The Balaban J connectivity index is 1.49. The molecule has 2 N–H and O–H groups in total. The van der Waals surface area contributed by atoms with E-state index in [2.05, 4.69) is 19.9 Å². The van der Waals surface area contributed by atoms with Gasteiger partial charge in [0.15, 0.2) is 5.58 Å². The molecule has 3 aromatic rings. The third-order valence-corrected chi connectivity index (χ3v) is 4.37. The highest BCUT2D eigenvalue weighted by molar-refractivity contribution is 5.72. The first kappa shape index (κ1) is 15.0. The minimum atomic E-state index is -0.304. The maximum Gasteiger partial charge on any atom is 0.220 e. The zero-order chi connectivity index (χ0) is 16.5. The quantitative estimate of drug-likeness (QED) is 0.796. The van der Waals surface area contributed by atoms with E-state index in [0.29, 0.717) is 35.4 Å². The Kier molecular flexibility index (Phi) is 3.86. The van der Waals surface area contributed by atoms with E-state index in [1.807, 2.05) is 6.07 Å². The van der Waals surface area contributed by atoms with Gasteiger partial charge in [-0.3, -0.25) is 4.90 Å². The zero-order valence-corrected chi connectivity index (χ0v) is 13.2. The monoisotopic (exact) mass is 327 g/mol. The number of rotatable bonds is 3. The van der Waals surface area contributed by atoms with Gasteiger partial charge in [-0.2, -0.15) is 0 Å². The largest absolute Gasteiger partial charge is 0.439 e. The van der Waals surface area contributed by atoms with Crippen molar-refractivity contribution in [1.29, 1.82) is 0 Å². The average Bonchev–Trinajstić information content (AvgIpc) is 2.96. The Morgan fingerprint density at radius 2 is 2.21 bits per heavy atom. The number of nitrogens with two attached hydrogens (primary N) is 1. The lowest BCUT2D eigenvalue weighted by atomic mass is 9.94. The van der Waals surface area contributed by atoms with Crippen LogP contribution >= 0.6 is 0 Å². The number of hydrogen-bond donors (Lipinski definition) is 1. The van der Waals surface area contributed by atoms with E-state index in [0.717, 1.165) is 31.6 Å². The first-order chi connectivity index (χ1) is 11.7. The van der Waals surface area contributed by atoms with Gasteiger partial charge in [-0.1, -0.05) is 0 Å². The summed E-state index contributed by atoms with van der Waals surface area (Å²) in [6.45, 7) is 2.45. The van der Waals surface area contributed by atoms with Crippen LogP contribution in [0.3, 0.4) is 0 Å². The van der Waals surface area contributed by atoms with Crippen LogP contribution in [0.1, 0.15) is 30.3 Å². The van der Waals surface area contributed by atoms with Crippen LogP contribution in [0.25, 0.3) is 11.1 Å². The number of fused-ring (bicyclic) bond motifs is 1. The summed E-state index contributed by atoms with van der Waals surface area (Å²) in [5, 5.41) is 0. The number of halogens is 1. The molecule has 0 radical (unpaired) electrons. The van der Waals surface area contributed by atoms with Gasteiger partial charge in [0.25, 0.3) is 0 Å². The van der Waals surface area contributed by atoms with Crippen LogP contribution in [0.5, 0.6) is 0 Å². The Morgan fingerprint density at radius 3 is 3.08 bits per heavy atom. The molecule has 2 aromatic heterocycles. The predicted molar refractivity (Wildman–Crippen MR) is 87.7 cm³/mol. The summed E-state index contributed by atoms with van der Waals surface area (Å²) in [4.78, 5) is 15.0. The second-order valence-corrected chi connectivity index (χ2v) is 6.13. The Hall–Kier alpha value is -2.54. The first-order valence-corrected chi connectivity index (χ1v) is 8.03. The fraction of sp³-hybridized carbons (Fsp3) is 0.353. The Morgan fingerprint density at radius 1 is 1.29 bits per heavy atom. The molecule has 0 bridgehead atoms. The predicted octanol–water partition coefficient (Wildman–Crippen LogP) is 2.72. The molecule has 1 aromatic carbocycles. The summed E-state index contributed by atoms with van der Waals surface area (Å²) >= 11 is 0. The van der Waals surface area contributed by atoms with E-state index in [-0.39, 0.29) is 5.82 Å². The molecule has 6 nitrogen and oxygen atoms in total. The molecule has 0 unspecified atom stereocenters. The van der Waals surface area contributed by atoms with Gasteiger partial charge in [0.2, 0.25) is 11.8 Å². The van der Waals surface area contributed by atoms with Gasteiger partial charge in [-0.25, -0.2) is 19.3 Å². The maximum atomic E-state index is 13.3. The molecular weight excluding hydrogens is 309 g/mol. The highest BCUT2D eigenvalue weighted by atomic mass is 19.1. The normalized spacial score (nSPS) is 19.0. The molecule has 1 fully saturated rings. The lowest BCUT2D eigenvalue weighted by Crippen LogP contribution is -2.34. The number of aromatic nitrogens is 3. The zero-order valence-electron chi connectivity index (χ0n) is 13.2. The van der Waals surface area contributed by atoms with E-state index in [1.54, 1.807) is 12.3 Å². The summed E-state index contributed by atoms with van der Waals surface area (Å²) in [5.74, 6) is 0.941. The van der Waals surface area contributed by atoms with E-state index in [9.17, 15) is 4.39 Å². The Bertz CT molecular complexity index is 865. The van der Waals surface area contributed by atoms with Crippen molar-refractivity contribution in [2.75, 3.05) is 18.8 Å². The van der Waals surface area contributed by atoms with Gasteiger partial charge in [0, 0.05) is 24.7 Å². The highest BCUT2D eigenvalue weighted by Crippen LogP contribution is 2.27. The fourth-order valence-electron chi connectivity index (χ4n) is 3.26. The molecular formula is C17H18FN5O. The molecule has 1 aliphatic rings. The van der Waals surface area contributed by atoms with Gasteiger partial charge < -0.3 is 10.2 Å². The molecule has 0 spiro atoms. The van der Waals surface area contributed by atoms with Crippen molar-refractivity contribution in [3.05, 3.63) is 47.9 Å². The van der Waals surface area contributed by atoms with E-state index in [1.165, 1.54) is 12.1 Å². The molecule has 4 rings (SSSR count). The number of anilines is 1. The summed E-state index contributed by atoms with van der Waals surface area (Å²) < 4.78 is 19.0. The van der Waals surface area contributed by atoms with E-state index < -0.39 is 0 Å². The van der Waals surface area contributed by atoms with Crippen molar-refractivity contribution in [2.45, 2.75) is 25.3 Å². The number of oxazole rings is 1. The maximum absolute atomic E-state index is 13.3. The van der Waals surface area contributed by atoms with Crippen LogP contribution in [-0.4, -0.2) is 32.9 Å². The summed E-state index contributed by atoms with van der Waals surface area (Å²) in [6.07, 6.45) is 3.85. The van der Waals surface area contributed by atoms with E-state index in [4.69, 9.17) is 10.2 Å². The summed E-state index contributed by atoms with van der Waals surface area (Å²) in [5.41, 5.74) is 7.84. The summed E-state index contributed by atoms with van der Waals surface area (Å²) in [6, 6.07) is 6.31. The smallest absolute Gasteiger partial charge is 0.220 e. The third kappa shape index (κ3) is 3.07. The lowest BCUT2D eigenvalue weighted by molar-refractivity contribution is 0.183. The fourth-order valence-corrected chi connectivity index (χ4v) is 3.26. The number of nitrogen functional groups attached to an aromatic ring is 1. The van der Waals surface area contributed by atoms with Crippen molar-refractivity contribution in [3.8, 4) is 0 Å². The van der Waals surface area contributed by atoms with Gasteiger partial charge in [0.1, 0.15) is 11.3 Å². The van der Waals surface area contributed by atoms with Crippen LogP contribution in [0.2, 0.25) is 0 Å². The van der Waals surface area contributed by atoms with Gasteiger partial charge in [-0.05, 0) is 37.6 Å². The molecule has 7 heteroatoms.